The number of rotatable bonds is 11. The van der Waals surface area contributed by atoms with E-state index in [1.165, 1.54) is 17.7 Å². The van der Waals surface area contributed by atoms with Crippen molar-refractivity contribution in [1.29, 1.82) is 0 Å². The van der Waals surface area contributed by atoms with E-state index in [2.05, 4.69) is 6.07 Å². The van der Waals surface area contributed by atoms with Crippen LogP contribution in [0.4, 0.5) is 4.39 Å². The molecule has 4 nitrogen and oxygen atoms in total. The highest BCUT2D eigenvalue weighted by molar-refractivity contribution is 5.72. The number of aryl methyl sites for hydroxylation is 3. The number of hydrogen-bond donors (Lipinski definition) is 2. The zero-order valence-electron chi connectivity index (χ0n) is 18.3. The Bertz CT molecular complexity index is 1040. The topological polar surface area (TPSA) is 66.8 Å². The van der Waals surface area contributed by atoms with Crippen LogP contribution in [-0.4, -0.2) is 22.8 Å². The van der Waals surface area contributed by atoms with Crippen LogP contribution in [0.3, 0.4) is 0 Å². The Morgan fingerprint density at radius 2 is 1.62 bits per heavy atom. The van der Waals surface area contributed by atoms with Crippen molar-refractivity contribution in [2.75, 3.05) is 6.61 Å². The zero-order chi connectivity index (χ0) is 22.9. The molecule has 3 aromatic rings. The SMILES string of the molecule is CCc1cc(-c2ccc(F)cc2)c(O)cc1OCCCCc1ccccc1CCC(=O)O. The molecule has 32 heavy (non-hydrogen) atoms. The maximum absolute atomic E-state index is 13.2. The number of carboxylic acids is 1. The van der Waals surface area contributed by atoms with Crippen LogP contribution < -0.4 is 4.74 Å². The quantitative estimate of drug-likeness (QED) is 0.352. The standard InChI is InChI=1S/C27H29FO4/c1-2-19-17-24(22-10-13-23(28)14-11-22)25(29)18-26(19)32-16-6-5-9-20-7-3-4-8-21(20)12-15-27(30)31/h3-4,7-8,10-11,13-14,17-18,29H,2,5-6,9,12,15-16H2,1H3,(H,30,31). The highest BCUT2D eigenvalue weighted by Gasteiger charge is 2.12. The number of phenolic OH excluding ortho intramolecular Hbond substituents is 1. The molecule has 0 unspecified atom stereocenters. The van der Waals surface area contributed by atoms with Crippen molar-refractivity contribution in [2.24, 2.45) is 0 Å². The number of aliphatic carboxylic acids is 1. The van der Waals surface area contributed by atoms with Crippen LogP contribution in [0.1, 0.15) is 42.9 Å². The second kappa shape index (κ2) is 11.3. The van der Waals surface area contributed by atoms with Crippen molar-refractivity contribution in [3.63, 3.8) is 0 Å². The summed E-state index contributed by atoms with van der Waals surface area (Å²) in [6.45, 7) is 2.56. The van der Waals surface area contributed by atoms with E-state index in [-0.39, 0.29) is 18.0 Å². The number of unbranched alkanes of at least 4 members (excludes halogenated alkanes) is 1. The molecule has 0 aliphatic heterocycles. The van der Waals surface area contributed by atoms with Gasteiger partial charge in [0.05, 0.1) is 6.61 Å². The molecule has 0 aromatic heterocycles. The van der Waals surface area contributed by atoms with Gasteiger partial charge in [0, 0.05) is 18.1 Å². The molecule has 0 aliphatic carbocycles. The summed E-state index contributed by atoms with van der Waals surface area (Å²) in [4.78, 5) is 10.9. The summed E-state index contributed by atoms with van der Waals surface area (Å²) in [5.41, 5.74) is 4.68. The number of hydrogen-bond acceptors (Lipinski definition) is 3. The van der Waals surface area contributed by atoms with E-state index in [9.17, 15) is 14.3 Å². The lowest BCUT2D eigenvalue weighted by Crippen LogP contribution is -2.03. The molecule has 0 saturated carbocycles. The predicted octanol–water partition coefficient (Wildman–Crippen LogP) is 6.18. The minimum atomic E-state index is -0.784. The molecule has 0 heterocycles. The van der Waals surface area contributed by atoms with Crippen molar-refractivity contribution >= 4 is 5.97 Å². The van der Waals surface area contributed by atoms with E-state index in [0.29, 0.717) is 24.3 Å². The molecule has 0 aliphatic rings. The first kappa shape index (κ1) is 23.3. The fourth-order valence-corrected chi connectivity index (χ4v) is 3.77. The molecule has 0 bridgehead atoms. The van der Waals surface area contributed by atoms with Crippen molar-refractivity contribution in [1.82, 2.24) is 0 Å². The molecule has 0 radical (unpaired) electrons. The highest BCUT2D eigenvalue weighted by atomic mass is 19.1. The van der Waals surface area contributed by atoms with Gasteiger partial charge in [0.15, 0.2) is 0 Å². The first-order chi connectivity index (χ1) is 15.5. The van der Waals surface area contributed by atoms with Crippen molar-refractivity contribution in [3.8, 4) is 22.6 Å². The van der Waals surface area contributed by atoms with Gasteiger partial charge in [-0.05, 0) is 72.6 Å². The summed E-state index contributed by atoms with van der Waals surface area (Å²) < 4.78 is 19.2. The summed E-state index contributed by atoms with van der Waals surface area (Å²) >= 11 is 0. The van der Waals surface area contributed by atoms with Crippen LogP contribution in [0.15, 0.2) is 60.7 Å². The largest absolute Gasteiger partial charge is 0.507 e. The molecule has 5 heteroatoms. The van der Waals surface area contributed by atoms with E-state index in [4.69, 9.17) is 9.84 Å². The van der Waals surface area contributed by atoms with E-state index in [0.717, 1.165) is 42.4 Å². The Labute approximate surface area is 188 Å². The molecule has 168 valence electrons. The van der Waals surface area contributed by atoms with Gasteiger partial charge in [-0.25, -0.2) is 4.39 Å². The van der Waals surface area contributed by atoms with Crippen molar-refractivity contribution in [2.45, 2.75) is 45.4 Å². The molecule has 3 aromatic carbocycles. The van der Waals surface area contributed by atoms with E-state index >= 15 is 0 Å². The third-order valence-corrected chi connectivity index (χ3v) is 5.54. The maximum Gasteiger partial charge on any atom is 0.303 e. The average molecular weight is 437 g/mol. The minimum absolute atomic E-state index is 0.108. The Hall–Kier alpha value is -3.34. The van der Waals surface area contributed by atoms with Gasteiger partial charge in [0.2, 0.25) is 0 Å². The second-order valence-corrected chi connectivity index (χ2v) is 7.81. The van der Waals surface area contributed by atoms with Crippen LogP contribution >= 0.6 is 0 Å². The van der Waals surface area contributed by atoms with E-state index in [1.54, 1.807) is 18.2 Å². The van der Waals surface area contributed by atoms with Crippen molar-refractivity contribution < 1.29 is 24.1 Å². The minimum Gasteiger partial charge on any atom is -0.507 e. The smallest absolute Gasteiger partial charge is 0.303 e. The fourth-order valence-electron chi connectivity index (χ4n) is 3.77. The maximum atomic E-state index is 13.2. The summed E-state index contributed by atoms with van der Waals surface area (Å²) in [5, 5.41) is 19.4. The summed E-state index contributed by atoms with van der Waals surface area (Å²) in [7, 11) is 0. The molecule has 0 atom stereocenters. The summed E-state index contributed by atoms with van der Waals surface area (Å²) in [6, 6.07) is 17.6. The Morgan fingerprint density at radius 3 is 2.28 bits per heavy atom. The molecule has 3 rings (SSSR count). The molecule has 0 saturated heterocycles. The second-order valence-electron chi connectivity index (χ2n) is 7.81. The average Bonchev–Trinajstić information content (AvgIpc) is 2.79. The lowest BCUT2D eigenvalue weighted by atomic mass is 9.98. The van der Waals surface area contributed by atoms with Gasteiger partial charge in [-0.2, -0.15) is 0 Å². The molecular weight excluding hydrogens is 407 g/mol. The molecule has 0 amide bonds. The number of benzene rings is 3. The van der Waals surface area contributed by atoms with Crippen LogP contribution in [0.5, 0.6) is 11.5 Å². The third-order valence-electron chi connectivity index (χ3n) is 5.54. The molecule has 0 spiro atoms. The first-order valence-electron chi connectivity index (χ1n) is 11.0. The third kappa shape index (κ3) is 6.33. The normalized spacial score (nSPS) is 10.8. The van der Waals surface area contributed by atoms with Crippen LogP contribution in [0.25, 0.3) is 11.1 Å². The van der Waals surface area contributed by atoms with Gasteiger partial charge in [-0.15, -0.1) is 0 Å². The Balaban J connectivity index is 1.57. The number of carboxylic acid groups (broad SMARTS) is 1. The lowest BCUT2D eigenvalue weighted by molar-refractivity contribution is -0.136. The van der Waals surface area contributed by atoms with Gasteiger partial charge >= 0.3 is 5.97 Å². The Kier molecular flexibility index (Phi) is 8.26. The number of phenols is 1. The number of halogens is 1. The first-order valence-corrected chi connectivity index (χ1v) is 11.0. The van der Waals surface area contributed by atoms with Gasteiger partial charge in [-0.1, -0.05) is 43.3 Å². The van der Waals surface area contributed by atoms with E-state index < -0.39 is 5.97 Å². The fraction of sp³-hybridized carbons (Fsp3) is 0.296. The monoisotopic (exact) mass is 436 g/mol. The lowest BCUT2D eigenvalue weighted by Gasteiger charge is -2.14. The highest BCUT2D eigenvalue weighted by Crippen LogP contribution is 2.36. The number of ether oxygens (including phenoxy) is 1. The summed E-state index contributed by atoms with van der Waals surface area (Å²) in [6.07, 6.45) is 4.07. The molecule has 2 N–H and O–H groups in total. The van der Waals surface area contributed by atoms with Gasteiger partial charge < -0.3 is 14.9 Å². The molecular formula is C27H29FO4. The number of aromatic hydroxyl groups is 1. The van der Waals surface area contributed by atoms with Crippen LogP contribution in [0.2, 0.25) is 0 Å². The van der Waals surface area contributed by atoms with Gasteiger partial charge in [0.25, 0.3) is 0 Å². The van der Waals surface area contributed by atoms with Crippen molar-refractivity contribution in [3.05, 3.63) is 83.2 Å². The van der Waals surface area contributed by atoms with Gasteiger partial charge in [-0.3, -0.25) is 4.79 Å². The number of carbonyl (C=O) groups is 1. The van der Waals surface area contributed by atoms with Gasteiger partial charge in [0.1, 0.15) is 17.3 Å². The summed E-state index contributed by atoms with van der Waals surface area (Å²) in [5.74, 6) is -0.323. The van der Waals surface area contributed by atoms with Crippen LogP contribution in [0, 0.1) is 5.82 Å². The Morgan fingerprint density at radius 1 is 0.938 bits per heavy atom. The molecule has 0 fully saturated rings. The van der Waals surface area contributed by atoms with Crippen LogP contribution in [-0.2, 0) is 24.1 Å². The predicted molar refractivity (Wildman–Crippen MR) is 124 cm³/mol. The van der Waals surface area contributed by atoms with E-state index in [1.807, 2.05) is 31.2 Å². The zero-order valence-corrected chi connectivity index (χ0v) is 18.3.